The zero-order chi connectivity index (χ0) is 14.1. The van der Waals surface area contributed by atoms with Gasteiger partial charge in [0.1, 0.15) is 14.6 Å². The average Bonchev–Trinajstić information content (AvgIpc) is 2.27. The number of carbonyl (C=O) groups excluding carboxylic acids is 1. The van der Waals surface area contributed by atoms with Crippen molar-refractivity contribution >= 4 is 19.2 Å². The third kappa shape index (κ3) is 3.83. The number of quaternary nitrogens is 1. The lowest BCUT2D eigenvalue weighted by molar-refractivity contribution is -0.907. The van der Waals surface area contributed by atoms with Crippen LogP contribution in [0.1, 0.15) is 12.5 Å². The van der Waals surface area contributed by atoms with Crippen molar-refractivity contribution in [3.05, 3.63) is 29.8 Å². The molecule has 0 N–H and O–H groups in total. The number of halogens is 1. The highest BCUT2D eigenvalue weighted by atomic mass is 127. The van der Waals surface area contributed by atoms with Gasteiger partial charge in [-0.1, -0.05) is 37.4 Å². The summed E-state index contributed by atoms with van der Waals surface area (Å²) < 4.78 is 5.91. The van der Waals surface area contributed by atoms with Gasteiger partial charge in [-0.15, -0.1) is 0 Å². The topological polar surface area (TPSA) is 26.3 Å². The van der Waals surface area contributed by atoms with Gasteiger partial charge in [0.2, 0.25) is 0 Å². The Hall–Kier alpha value is -0.403. The molecule has 1 aliphatic rings. The van der Waals surface area contributed by atoms with Crippen molar-refractivity contribution < 1.29 is 38.0 Å². The van der Waals surface area contributed by atoms with Gasteiger partial charge in [-0.25, -0.2) is 4.79 Å². The van der Waals surface area contributed by atoms with Gasteiger partial charge in [0.25, 0.3) is 0 Å². The number of likely N-dealkylation sites (N-methyl/N-ethyl adjacent to an activating group) is 1. The van der Waals surface area contributed by atoms with Crippen LogP contribution in [0.25, 0.3) is 0 Å². The molecule has 5 heteroatoms. The van der Waals surface area contributed by atoms with Crippen LogP contribution < -0.4 is 29.2 Å². The molecule has 20 heavy (non-hydrogen) atoms. The van der Waals surface area contributed by atoms with E-state index in [1.54, 1.807) is 5.19 Å². The van der Waals surface area contributed by atoms with E-state index in [-0.39, 0.29) is 29.9 Å². The van der Waals surface area contributed by atoms with Crippen LogP contribution in [0.3, 0.4) is 0 Å². The van der Waals surface area contributed by atoms with Gasteiger partial charge in [-0.2, -0.15) is 0 Å². The summed E-state index contributed by atoms with van der Waals surface area (Å²) >= 11 is 0. The smallest absolute Gasteiger partial charge is 0.361 e. The lowest BCUT2D eigenvalue weighted by Gasteiger charge is -2.44. The van der Waals surface area contributed by atoms with E-state index >= 15 is 0 Å². The van der Waals surface area contributed by atoms with Crippen LogP contribution in [-0.4, -0.2) is 44.9 Å². The fraction of sp³-hybridized carbons (Fsp3) is 0.533. The number of nitrogens with zero attached hydrogens (tertiary/aromatic N) is 1. The molecule has 0 amide bonds. The molecular weight excluding hydrogens is 381 g/mol. The molecule has 0 fully saturated rings. The molecule has 1 atom stereocenters. The lowest BCUT2D eigenvalue weighted by Crippen LogP contribution is -3.00. The standard InChI is InChI=1S/C15H24NO2Si.HI/c1-5-18-15(17)11-16(2)10-13-8-6-7-9-14(13)19(3,4)12-16;/h6-9H,5,10-12H2,1-4H3;1H/q+1;/p-1. The Morgan fingerprint density at radius 2 is 2.00 bits per heavy atom. The first kappa shape index (κ1) is 17.6. The monoisotopic (exact) mass is 405 g/mol. The predicted molar refractivity (Wildman–Crippen MR) is 79.8 cm³/mol. The van der Waals surface area contributed by atoms with Crippen LogP contribution in [0.5, 0.6) is 0 Å². The van der Waals surface area contributed by atoms with E-state index in [4.69, 9.17) is 4.74 Å². The summed E-state index contributed by atoms with van der Waals surface area (Å²) in [6.07, 6.45) is 1.10. The summed E-state index contributed by atoms with van der Waals surface area (Å²) in [6.45, 7) is 8.54. The van der Waals surface area contributed by atoms with Crippen molar-refractivity contribution in [3.63, 3.8) is 0 Å². The van der Waals surface area contributed by atoms with Crippen molar-refractivity contribution in [3.8, 4) is 0 Å². The van der Waals surface area contributed by atoms with Crippen LogP contribution in [-0.2, 0) is 16.1 Å². The molecule has 1 unspecified atom stereocenters. The summed E-state index contributed by atoms with van der Waals surface area (Å²) in [4.78, 5) is 11.8. The van der Waals surface area contributed by atoms with E-state index in [1.807, 2.05) is 6.92 Å². The second-order valence-corrected chi connectivity index (χ2v) is 11.1. The number of ether oxygens (including phenoxy) is 1. The van der Waals surface area contributed by atoms with Crippen molar-refractivity contribution in [1.82, 2.24) is 0 Å². The van der Waals surface area contributed by atoms with Crippen molar-refractivity contribution in [2.24, 2.45) is 0 Å². The Morgan fingerprint density at radius 3 is 2.65 bits per heavy atom. The molecule has 1 aliphatic heterocycles. The Morgan fingerprint density at radius 1 is 1.35 bits per heavy atom. The molecule has 0 aromatic heterocycles. The first-order valence-corrected chi connectivity index (χ1v) is 10.1. The number of esters is 1. The van der Waals surface area contributed by atoms with E-state index < -0.39 is 8.07 Å². The van der Waals surface area contributed by atoms with E-state index in [0.717, 1.165) is 17.2 Å². The number of fused-ring (bicyclic) bond motifs is 1. The molecule has 2 rings (SSSR count). The van der Waals surface area contributed by atoms with E-state index in [1.165, 1.54) is 5.56 Å². The Bertz CT molecular complexity index is 493. The average molecular weight is 405 g/mol. The minimum absolute atomic E-state index is 0. The maximum atomic E-state index is 11.8. The highest BCUT2D eigenvalue weighted by Crippen LogP contribution is 2.23. The van der Waals surface area contributed by atoms with Gasteiger partial charge >= 0.3 is 5.97 Å². The molecule has 1 aromatic carbocycles. The van der Waals surface area contributed by atoms with Crippen molar-refractivity contribution in [2.45, 2.75) is 26.6 Å². The van der Waals surface area contributed by atoms with Crippen molar-refractivity contribution in [2.75, 3.05) is 26.4 Å². The van der Waals surface area contributed by atoms with Gasteiger partial charge in [-0.05, 0) is 12.1 Å². The Balaban J connectivity index is 0.00000200. The van der Waals surface area contributed by atoms with Crippen LogP contribution in [0.2, 0.25) is 13.1 Å². The molecule has 1 heterocycles. The predicted octanol–water partition coefficient (Wildman–Crippen LogP) is -1.33. The van der Waals surface area contributed by atoms with Gasteiger partial charge < -0.3 is 33.2 Å². The number of hydrogen-bond acceptors (Lipinski definition) is 2. The van der Waals surface area contributed by atoms with Gasteiger partial charge in [0.05, 0.1) is 19.8 Å². The van der Waals surface area contributed by atoms with Crippen LogP contribution in [0, 0.1) is 0 Å². The number of carbonyl (C=O) groups is 1. The lowest BCUT2D eigenvalue weighted by atomic mass is 10.2. The highest BCUT2D eigenvalue weighted by Gasteiger charge is 2.42. The largest absolute Gasteiger partial charge is 1.00 e. The molecule has 0 aliphatic carbocycles. The molecule has 112 valence electrons. The maximum Gasteiger partial charge on any atom is 0.361 e. The summed E-state index contributed by atoms with van der Waals surface area (Å²) in [5.41, 5.74) is 1.41. The molecular formula is C15H24INO2Si. The Kier molecular flexibility index (Phi) is 5.80. The van der Waals surface area contributed by atoms with Crippen LogP contribution >= 0.6 is 0 Å². The number of benzene rings is 1. The fourth-order valence-corrected chi connectivity index (χ4v) is 7.34. The summed E-state index contributed by atoms with van der Waals surface area (Å²) in [5.74, 6) is -0.0748. The zero-order valence-corrected chi connectivity index (χ0v) is 15.9. The van der Waals surface area contributed by atoms with Crippen LogP contribution in [0.15, 0.2) is 24.3 Å². The third-order valence-electron chi connectivity index (χ3n) is 3.89. The molecule has 3 nitrogen and oxygen atoms in total. The fourth-order valence-electron chi connectivity index (χ4n) is 3.46. The second-order valence-electron chi connectivity index (χ2n) is 6.44. The molecule has 0 spiro atoms. The number of rotatable bonds is 3. The van der Waals surface area contributed by atoms with Crippen molar-refractivity contribution in [1.29, 1.82) is 0 Å². The Labute approximate surface area is 139 Å². The van der Waals surface area contributed by atoms with Gasteiger partial charge in [0.15, 0.2) is 6.54 Å². The zero-order valence-electron chi connectivity index (χ0n) is 12.8. The van der Waals surface area contributed by atoms with Crippen LogP contribution in [0.4, 0.5) is 0 Å². The first-order chi connectivity index (χ1) is 8.86. The SMILES string of the molecule is CCOC(=O)C[N+]1(C)Cc2ccccc2[Si](C)(C)C1.[I-]. The molecule has 0 bridgehead atoms. The molecule has 0 saturated carbocycles. The summed E-state index contributed by atoms with van der Waals surface area (Å²) in [7, 11) is 0.710. The maximum absolute atomic E-state index is 11.8. The summed E-state index contributed by atoms with van der Waals surface area (Å²) in [5, 5.41) is 1.55. The summed E-state index contributed by atoms with van der Waals surface area (Å²) in [6, 6.07) is 8.72. The second kappa shape index (κ2) is 6.57. The highest BCUT2D eigenvalue weighted by molar-refractivity contribution is 6.90. The minimum atomic E-state index is -1.47. The quantitative estimate of drug-likeness (QED) is 0.270. The first-order valence-electron chi connectivity index (χ1n) is 6.94. The third-order valence-corrected chi connectivity index (χ3v) is 7.39. The minimum Gasteiger partial charge on any atom is -1.00 e. The normalized spacial score (nSPS) is 23.4. The molecule has 0 radical (unpaired) electrons. The van der Waals surface area contributed by atoms with Gasteiger partial charge in [-0.3, -0.25) is 0 Å². The van der Waals surface area contributed by atoms with E-state index in [0.29, 0.717) is 13.2 Å². The van der Waals surface area contributed by atoms with E-state index in [2.05, 4.69) is 44.4 Å². The molecule has 1 aromatic rings. The number of hydrogen-bond donors (Lipinski definition) is 0. The van der Waals surface area contributed by atoms with E-state index in [9.17, 15) is 4.79 Å². The molecule has 0 saturated heterocycles. The van der Waals surface area contributed by atoms with Gasteiger partial charge in [0, 0.05) is 5.56 Å².